The predicted molar refractivity (Wildman–Crippen MR) is 96.4 cm³/mol. The third-order valence-electron chi connectivity index (χ3n) is 5.86. The van der Waals surface area contributed by atoms with E-state index >= 15 is 0 Å². The Kier molecular flexibility index (Phi) is 4.10. The van der Waals surface area contributed by atoms with Crippen LogP contribution in [0, 0.1) is 17.2 Å². The summed E-state index contributed by atoms with van der Waals surface area (Å²) in [4.78, 5) is 11.2. The third kappa shape index (κ3) is 3.03. The number of alkyl halides is 3. The van der Waals surface area contributed by atoms with Crippen LogP contribution in [-0.4, -0.2) is 35.0 Å². The molecule has 140 valence electrons. The molecule has 1 saturated carbocycles. The number of pyridine rings is 1. The highest BCUT2D eigenvalue weighted by Gasteiger charge is 2.54. The number of hydrogen-bond acceptors (Lipinski definition) is 4. The average molecular weight is 372 g/mol. The number of aromatic nitrogens is 1. The minimum absolute atomic E-state index is 0.0748. The van der Waals surface area contributed by atoms with Gasteiger partial charge in [-0.05, 0) is 43.9 Å². The highest BCUT2D eigenvalue weighted by Crippen LogP contribution is 2.49. The number of halogens is 3. The van der Waals surface area contributed by atoms with Gasteiger partial charge in [0, 0.05) is 24.9 Å². The van der Waals surface area contributed by atoms with E-state index in [2.05, 4.69) is 16.8 Å². The summed E-state index contributed by atoms with van der Waals surface area (Å²) >= 11 is 0. The molecule has 1 saturated heterocycles. The predicted octanol–water partition coefficient (Wildman–Crippen LogP) is 4.22. The first-order chi connectivity index (χ1) is 12.8. The molecule has 0 amide bonds. The van der Waals surface area contributed by atoms with Crippen molar-refractivity contribution in [2.45, 2.75) is 43.9 Å². The minimum Gasteiger partial charge on any atom is -0.362 e. The van der Waals surface area contributed by atoms with Crippen LogP contribution in [0.15, 0.2) is 52.8 Å². The lowest BCUT2D eigenvalue weighted by Gasteiger charge is -2.42. The van der Waals surface area contributed by atoms with Crippen molar-refractivity contribution >= 4 is 11.4 Å². The van der Waals surface area contributed by atoms with Crippen LogP contribution in [0.1, 0.15) is 26.2 Å². The Bertz CT molecular complexity index is 879. The van der Waals surface area contributed by atoms with Gasteiger partial charge in [-0.25, -0.2) is 0 Å². The second-order valence-electron chi connectivity index (χ2n) is 7.61. The standard InChI is InChI=1S/C20H19F3N4/c1-19-9-13(12-27(19)16-3-2-6-25-11-16)7-18(19)26-15-5-4-14(10-24)17(8-15)20(21,22)23/h2-4,6,8,11,13,18H,5,7,9,12H2,1H3. The van der Waals surface area contributed by atoms with Crippen molar-refractivity contribution in [2.24, 2.45) is 10.9 Å². The van der Waals surface area contributed by atoms with Crippen molar-refractivity contribution in [1.29, 1.82) is 5.26 Å². The van der Waals surface area contributed by atoms with Gasteiger partial charge < -0.3 is 4.90 Å². The van der Waals surface area contributed by atoms with E-state index in [1.807, 2.05) is 18.3 Å². The van der Waals surface area contributed by atoms with E-state index in [1.54, 1.807) is 12.3 Å². The van der Waals surface area contributed by atoms with Crippen LogP contribution in [0.25, 0.3) is 0 Å². The molecule has 2 aliphatic carbocycles. The molecule has 4 nitrogen and oxygen atoms in total. The first-order valence-electron chi connectivity index (χ1n) is 8.95. The molecule has 0 spiro atoms. The van der Waals surface area contributed by atoms with E-state index in [9.17, 15) is 13.2 Å². The van der Waals surface area contributed by atoms with Crippen LogP contribution in [-0.2, 0) is 0 Å². The summed E-state index contributed by atoms with van der Waals surface area (Å²) < 4.78 is 39.7. The van der Waals surface area contributed by atoms with Crippen molar-refractivity contribution < 1.29 is 13.2 Å². The third-order valence-corrected chi connectivity index (χ3v) is 5.86. The molecule has 2 fully saturated rings. The fourth-order valence-electron chi connectivity index (χ4n) is 4.63. The van der Waals surface area contributed by atoms with Gasteiger partial charge in [0.05, 0.1) is 40.7 Å². The lowest BCUT2D eigenvalue weighted by Crippen LogP contribution is -2.51. The molecular formula is C20H19F3N4. The Balaban J connectivity index is 1.64. The van der Waals surface area contributed by atoms with Gasteiger partial charge in [-0.3, -0.25) is 9.98 Å². The number of nitrogens with zero attached hydrogens (tertiary/aromatic N) is 4. The molecule has 3 unspecified atom stereocenters. The molecule has 1 aromatic rings. The highest BCUT2D eigenvalue weighted by molar-refractivity contribution is 5.99. The summed E-state index contributed by atoms with van der Waals surface area (Å²) in [7, 11) is 0. The van der Waals surface area contributed by atoms with Gasteiger partial charge >= 0.3 is 6.18 Å². The zero-order chi connectivity index (χ0) is 19.2. The van der Waals surface area contributed by atoms with Crippen LogP contribution in [0.4, 0.5) is 18.9 Å². The number of fused-ring (bicyclic) bond motifs is 2. The lowest BCUT2D eigenvalue weighted by atomic mass is 9.92. The fourth-order valence-corrected chi connectivity index (χ4v) is 4.63. The lowest BCUT2D eigenvalue weighted by molar-refractivity contribution is -0.0889. The van der Waals surface area contributed by atoms with E-state index in [0.717, 1.165) is 31.1 Å². The fraction of sp³-hybridized carbons (Fsp3) is 0.450. The van der Waals surface area contributed by atoms with Crippen molar-refractivity contribution in [3.63, 3.8) is 0 Å². The Morgan fingerprint density at radius 2 is 2.22 bits per heavy atom. The van der Waals surface area contributed by atoms with Gasteiger partial charge in [-0.15, -0.1) is 0 Å². The van der Waals surface area contributed by atoms with Crippen molar-refractivity contribution in [3.05, 3.63) is 47.8 Å². The Labute approximate surface area is 155 Å². The van der Waals surface area contributed by atoms with Gasteiger partial charge in [-0.1, -0.05) is 6.08 Å². The van der Waals surface area contributed by atoms with Gasteiger partial charge in [0.2, 0.25) is 0 Å². The summed E-state index contributed by atoms with van der Waals surface area (Å²) in [5.74, 6) is 0.476. The number of allylic oxidation sites excluding steroid dienone is 4. The monoisotopic (exact) mass is 372 g/mol. The summed E-state index contributed by atoms with van der Waals surface area (Å²) in [5.41, 5.74) is -0.0305. The summed E-state index contributed by atoms with van der Waals surface area (Å²) in [6.45, 7) is 3.06. The maximum atomic E-state index is 13.2. The van der Waals surface area contributed by atoms with Gasteiger partial charge in [0.1, 0.15) is 0 Å². The van der Waals surface area contributed by atoms with E-state index in [4.69, 9.17) is 10.3 Å². The van der Waals surface area contributed by atoms with Gasteiger partial charge in [0.25, 0.3) is 0 Å². The van der Waals surface area contributed by atoms with Gasteiger partial charge in [-0.2, -0.15) is 18.4 Å². The molecule has 1 aliphatic heterocycles. The molecule has 3 aliphatic rings. The van der Waals surface area contributed by atoms with Crippen LogP contribution >= 0.6 is 0 Å². The quantitative estimate of drug-likeness (QED) is 0.781. The van der Waals surface area contributed by atoms with Crippen LogP contribution < -0.4 is 4.90 Å². The van der Waals surface area contributed by atoms with E-state index < -0.39 is 11.7 Å². The molecule has 4 rings (SSSR count). The molecular weight excluding hydrogens is 353 g/mol. The Hall–Kier alpha value is -2.62. The minimum atomic E-state index is -4.55. The van der Waals surface area contributed by atoms with Crippen LogP contribution in [0.3, 0.4) is 0 Å². The molecule has 0 N–H and O–H groups in total. The Morgan fingerprint density at radius 1 is 1.41 bits per heavy atom. The van der Waals surface area contributed by atoms with Crippen LogP contribution in [0.2, 0.25) is 0 Å². The summed E-state index contributed by atoms with van der Waals surface area (Å²) in [6, 6.07) is 5.46. The van der Waals surface area contributed by atoms with Crippen molar-refractivity contribution in [1.82, 2.24) is 4.98 Å². The molecule has 27 heavy (non-hydrogen) atoms. The van der Waals surface area contributed by atoms with E-state index in [-0.39, 0.29) is 23.6 Å². The highest BCUT2D eigenvalue weighted by atomic mass is 19.4. The normalized spacial score (nSPS) is 31.7. The molecule has 1 aromatic heterocycles. The van der Waals surface area contributed by atoms with E-state index in [0.29, 0.717) is 11.6 Å². The summed E-state index contributed by atoms with van der Waals surface area (Å²) in [5, 5.41) is 8.97. The largest absolute Gasteiger partial charge is 0.417 e. The number of hydrogen-bond donors (Lipinski definition) is 0. The van der Waals surface area contributed by atoms with Gasteiger partial charge in [0.15, 0.2) is 0 Å². The zero-order valence-corrected chi connectivity index (χ0v) is 14.9. The molecule has 0 aromatic carbocycles. The first kappa shape index (κ1) is 17.8. The topological polar surface area (TPSA) is 52.3 Å². The second kappa shape index (κ2) is 6.22. The molecule has 2 heterocycles. The molecule has 2 bridgehead atoms. The second-order valence-corrected chi connectivity index (χ2v) is 7.61. The number of anilines is 1. The van der Waals surface area contributed by atoms with Crippen LogP contribution in [0.5, 0.6) is 0 Å². The van der Waals surface area contributed by atoms with Crippen molar-refractivity contribution in [2.75, 3.05) is 11.4 Å². The number of aliphatic imine (C=N–C) groups is 1. The SMILES string of the molecule is CC12CC(CC1N=C1C=C(C(F)(F)F)C(C#N)=CC1)CN2c1cccnc1. The first-order valence-corrected chi connectivity index (χ1v) is 8.95. The molecule has 0 radical (unpaired) electrons. The number of piperidine rings is 1. The zero-order valence-electron chi connectivity index (χ0n) is 14.9. The van der Waals surface area contributed by atoms with E-state index in [1.165, 1.54) is 6.08 Å². The molecule has 7 heteroatoms. The summed E-state index contributed by atoms with van der Waals surface area (Å²) in [6.07, 6.45) is 3.47. The average Bonchev–Trinajstić information content (AvgIpc) is 3.14. The molecule has 3 atom stereocenters. The maximum absolute atomic E-state index is 13.2. The Morgan fingerprint density at radius 3 is 2.85 bits per heavy atom. The maximum Gasteiger partial charge on any atom is 0.417 e. The number of rotatable bonds is 2. The van der Waals surface area contributed by atoms with Crippen molar-refractivity contribution in [3.8, 4) is 6.07 Å². The number of nitriles is 1. The smallest absolute Gasteiger partial charge is 0.362 e.